The number of esters is 1. The van der Waals surface area contributed by atoms with Gasteiger partial charge in [-0.2, -0.15) is 0 Å². The van der Waals surface area contributed by atoms with Crippen molar-refractivity contribution in [3.8, 4) is 0 Å². The molecule has 1 aromatic carbocycles. The molecular formula is C11H6ClIN4O2. The highest BCUT2D eigenvalue weighted by atomic mass is 127. The number of ether oxygens (including phenoxy) is 1. The van der Waals surface area contributed by atoms with Crippen molar-refractivity contribution in [2.45, 2.75) is 0 Å². The van der Waals surface area contributed by atoms with Gasteiger partial charge in [-0.25, -0.2) is 4.79 Å². The van der Waals surface area contributed by atoms with Crippen LogP contribution < -0.4 is 0 Å². The maximum atomic E-state index is 11.6. The first kappa shape index (κ1) is 13.9. The Morgan fingerprint density at radius 3 is 2.95 bits per heavy atom. The van der Waals surface area contributed by atoms with Crippen LogP contribution in [0.15, 0.2) is 23.4 Å². The Bertz CT molecular complexity index is 728. The Labute approximate surface area is 126 Å². The fourth-order valence-corrected chi connectivity index (χ4v) is 2.70. The molecule has 2 rings (SSSR count). The second kappa shape index (κ2) is 5.60. The first-order valence-electron chi connectivity index (χ1n) is 4.99. The Balaban J connectivity index is 2.91. The molecule has 19 heavy (non-hydrogen) atoms. The number of rotatable bonds is 2. The molecule has 0 atom stereocenters. The highest BCUT2D eigenvalue weighted by molar-refractivity contribution is 14.1. The Morgan fingerprint density at radius 1 is 1.58 bits per heavy atom. The Hall–Kier alpha value is -1.57. The van der Waals surface area contributed by atoms with E-state index in [4.69, 9.17) is 17.1 Å². The number of halogens is 2. The van der Waals surface area contributed by atoms with E-state index in [1.165, 1.54) is 13.3 Å². The maximum absolute atomic E-state index is 11.6. The summed E-state index contributed by atoms with van der Waals surface area (Å²) in [5.41, 5.74) is 9.39. The number of methoxy groups -OCH3 is 1. The molecule has 0 unspecified atom stereocenters. The third-order valence-corrected chi connectivity index (χ3v) is 3.32. The van der Waals surface area contributed by atoms with E-state index in [-0.39, 0.29) is 11.3 Å². The second-order valence-electron chi connectivity index (χ2n) is 3.49. The number of aromatic nitrogens is 1. The van der Waals surface area contributed by atoms with E-state index in [1.54, 1.807) is 12.1 Å². The lowest BCUT2D eigenvalue weighted by Gasteiger charge is -2.08. The molecule has 0 aliphatic heterocycles. The second-order valence-corrected chi connectivity index (χ2v) is 5.14. The van der Waals surface area contributed by atoms with Gasteiger partial charge in [-0.3, -0.25) is 4.98 Å². The summed E-state index contributed by atoms with van der Waals surface area (Å²) in [6.07, 6.45) is 1.29. The summed E-state index contributed by atoms with van der Waals surface area (Å²) >= 11 is 8.16. The molecule has 96 valence electrons. The molecule has 2 aromatic rings. The highest BCUT2D eigenvalue weighted by Crippen LogP contribution is 2.34. The van der Waals surface area contributed by atoms with E-state index in [0.29, 0.717) is 15.9 Å². The molecule has 0 spiro atoms. The third kappa shape index (κ3) is 2.58. The Kier molecular flexibility index (Phi) is 4.08. The number of pyridine rings is 1. The van der Waals surface area contributed by atoms with Crippen LogP contribution in [0.1, 0.15) is 10.4 Å². The molecule has 0 aliphatic carbocycles. The van der Waals surface area contributed by atoms with Gasteiger partial charge in [0.1, 0.15) is 0 Å². The SMILES string of the molecule is COC(=O)c1cnc2c(Cl)cc(I)cc2c1N=[N+]=[N-]. The van der Waals surface area contributed by atoms with Gasteiger partial charge in [-0.1, -0.05) is 16.7 Å². The fraction of sp³-hybridized carbons (Fsp3) is 0.0909. The van der Waals surface area contributed by atoms with E-state index >= 15 is 0 Å². The van der Waals surface area contributed by atoms with Gasteiger partial charge < -0.3 is 4.74 Å². The summed E-state index contributed by atoms with van der Waals surface area (Å²) in [5.74, 6) is -0.619. The van der Waals surface area contributed by atoms with Gasteiger partial charge in [0.05, 0.1) is 28.9 Å². The lowest BCUT2D eigenvalue weighted by molar-refractivity contribution is 0.0601. The predicted octanol–water partition coefficient (Wildman–Crippen LogP) is 4.22. The van der Waals surface area contributed by atoms with Crippen LogP contribution in [-0.2, 0) is 4.74 Å². The van der Waals surface area contributed by atoms with Crippen LogP contribution >= 0.6 is 34.2 Å². The molecule has 0 bridgehead atoms. The molecule has 0 N–H and O–H groups in total. The minimum atomic E-state index is -0.619. The summed E-state index contributed by atoms with van der Waals surface area (Å²) < 4.78 is 5.48. The topological polar surface area (TPSA) is 88.0 Å². The summed E-state index contributed by atoms with van der Waals surface area (Å²) in [6.45, 7) is 0. The lowest BCUT2D eigenvalue weighted by atomic mass is 10.1. The zero-order chi connectivity index (χ0) is 14.0. The number of nitrogens with zero attached hydrogens (tertiary/aromatic N) is 4. The van der Waals surface area contributed by atoms with Gasteiger partial charge in [0, 0.05) is 20.1 Å². The maximum Gasteiger partial charge on any atom is 0.339 e. The standard InChI is InChI=1S/C11H6ClIN4O2/c1-19-11(18)7-4-15-10-6(9(7)16-17-14)2-5(13)3-8(10)12/h2-4H,1H3. The number of carbonyl (C=O) groups excluding carboxylic acids is 1. The average Bonchev–Trinajstić information content (AvgIpc) is 2.38. The van der Waals surface area contributed by atoms with Crippen molar-refractivity contribution in [2.24, 2.45) is 5.11 Å². The van der Waals surface area contributed by atoms with E-state index in [0.717, 1.165) is 3.57 Å². The lowest BCUT2D eigenvalue weighted by Crippen LogP contribution is -2.03. The van der Waals surface area contributed by atoms with Gasteiger partial charge in [-0.05, 0) is 40.3 Å². The minimum absolute atomic E-state index is 0.103. The molecule has 0 saturated carbocycles. The summed E-state index contributed by atoms with van der Waals surface area (Å²) in [4.78, 5) is 18.5. The van der Waals surface area contributed by atoms with Crippen molar-refractivity contribution in [1.29, 1.82) is 0 Å². The Morgan fingerprint density at radius 2 is 2.32 bits per heavy atom. The van der Waals surface area contributed by atoms with Crippen molar-refractivity contribution < 1.29 is 9.53 Å². The largest absolute Gasteiger partial charge is 0.465 e. The van der Waals surface area contributed by atoms with Gasteiger partial charge >= 0.3 is 5.97 Å². The van der Waals surface area contributed by atoms with Gasteiger partial charge in [0.2, 0.25) is 0 Å². The molecular weight excluding hydrogens is 383 g/mol. The van der Waals surface area contributed by atoms with Crippen LogP contribution in [0.25, 0.3) is 21.3 Å². The van der Waals surface area contributed by atoms with E-state index in [9.17, 15) is 4.79 Å². The zero-order valence-electron chi connectivity index (χ0n) is 9.59. The van der Waals surface area contributed by atoms with Crippen LogP contribution in [-0.4, -0.2) is 18.1 Å². The fourth-order valence-electron chi connectivity index (χ4n) is 1.62. The van der Waals surface area contributed by atoms with Crippen molar-refractivity contribution in [3.05, 3.63) is 42.9 Å². The number of hydrogen-bond acceptors (Lipinski definition) is 4. The molecule has 0 fully saturated rings. The predicted molar refractivity (Wildman–Crippen MR) is 79.6 cm³/mol. The molecule has 8 heteroatoms. The van der Waals surface area contributed by atoms with E-state index in [2.05, 4.69) is 42.3 Å². The molecule has 0 saturated heterocycles. The summed E-state index contributed by atoms with van der Waals surface area (Å²) in [7, 11) is 1.24. The molecule has 6 nitrogen and oxygen atoms in total. The van der Waals surface area contributed by atoms with Crippen LogP contribution in [0.4, 0.5) is 5.69 Å². The van der Waals surface area contributed by atoms with Gasteiger partial charge in [0.15, 0.2) is 0 Å². The monoisotopic (exact) mass is 388 g/mol. The van der Waals surface area contributed by atoms with E-state index < -0.39 is 5.97 Å². The number of benzene rings is 1. The molecule has 1 heterocycles. The van der Waals surface area contributed by atoms with Crippen molar-refractivity contribution >= 4 is 56.8 Å². The van der Waals surface area contributed by atoms with Crippen LogP contribution in [0.5, 0.6) is 0 Å². The summed E-state index contributed by atoms with van der Waals surface area (Å²) in [5, 5.41) is 4.50. The number of carbonyl (C=O) groups is 1. The molecule has 0 amide bonds. The number of fused-ring (bicyclic) bond motifs is 1. The smallest absolute Gasteiger partial charge is 0.339 e. The highest BCUT2D eigenvalue weighted by Gasteiger charge is 2.16. The molecule has 0 aliphatic rings. The summed E-state index contributed by atoms with van der Waals surface area (Å²) in [6, 6.07) is 3.47. The van der Waals surface area contributed by atoms with Gasteiger partial charge in [-0.15, -0.1) is 0 Å². The number of azide groups is 1. The minimum Gasteiger partial charge on any atom is -0.465 e. The van der Waals surface area contributed by atoms with Crippen LogP contribution in [0.3, 0.4) is 0 Å². The first-order chi connectivity index (χ1) is 9.08. The van der Waals surface area contributed by atoms with Crippen molar-refractivity contribution in [2.75, 3.05) is 7.11 Å². The molecule has 1 aromatic heterocycles. The van der Waals surface area contributed by atoms with Crippen molar-refractivity contribution in [3.63, 3.8) is 0 Å². The van der Waals surface area contributed by atoms with Crippen LogP contribution in [0, 0.1) is 3.57 Å². The molecule has 0 radical (unpaired) electrons. The average molecular weight is 389 g/mol. The first-order valence-corrected chi connectivity index (χ1v) is 6.45. The van der Waals surface area contributed by atoms with Crippen LogP contribution in [0.2, 0.25) is 5.02 Å². The van der Waals surface area contributed by atoms with E-state index in [1.807, 2.05) is 0 Å². The zero-order valence-corrected chi connectivity index (χ0v) is 12.5. The quantitative estimate of drug-likeness (QED) is 0.254. The van der Waals surface area contributed by atoms with Gasteiger partial charge in [0.25, 0.3) is 0 Å². The van der Waals surface area contributed by atoms with Crippen molar-refractivity contribution in [1.82, 2.24) is 4.98 Å². The number of hydrogen-bond donors (Lipinski definition) is 0. The third-order valence-electron chi connectivity index (χ3n) is 2.41. The normalized spacial score (nSPS) is 10.1.